The van der Waals surface area contributed by atoms with Gasteiger partial charge in [0.15, 0.2) is 11.9 Å². The van der Waals surface area contributed by atoms with E-state index in [0.717, 1.165) is 49.7 Å². The summed E-state index contributed by atoms with van der Waals surface area (Å²) in [5.74, 6) is -3.44. The molecule has 1 heterocycles. The Morgan fingerprint density at radius 2 is 1.20 bits per heavy atom. The highest BCUT2D eigenvalue weighted by Gasteiger charge is 2.39. The summed E-state index contributed by atoms with van der Waals surface area (Å²) in [6.45, 7) is 3.97. The number of nitrogens with two attached hydrogens (primary N) is 1. The van der Waals surface area contributed by atoms with Crippen molar-refractivity contribution >= 4 is 17.6 Å². The van der Waals surface area contributed by atoms with Crippen molar-refractivity contribution in [2.75, 3.05) is 12.3 Å². The summed E-state index contributed by atoms with van der Waals surface area (Å²) in [4.78, 5) is 24.8. The van der Waals surface area contributed by atoms with Gasteiger partial charge in [0.25, 0.3) is 0 Å². The molecule has 0 spiro atoms. The Morgan fingerprint density at radius 1 is 0.756 bits per heavy atom. The Balaban J connectivity index is 1.96. The predicted molar refractivity (Wildman–Crippen MR) is 180 cm³/mol. The van der Waals surface area contributed by atoms with Crippen molar-refractivity contribution in [2.45, 2.75) is 167 Å². The SMILES string of the molecule is CCCCCCCCCCCCc1c(N)ccc(C(=O)OCC(O)C2OC(=O)C(O)=C2O)c1CCCCCCCCCCCC. The van der Waals surface area contributed by atoms with Crippen molar-refractivity contribution in [1.29, 1.82) is 0 Å². The number of carbonyl (C=O) groups is 2. The first kappa shape index (κ1) is 38.4. The number of ether oxygens (including phenoxy) is 2. The molecule has 2 rings (SSSR count). The normalized spacial score (nSPS) is 15.4. The molecule has 45 heavy (non-hydrogen) atoms. The Morgan fingerprint density at radius 3 is 1.64 bits per heavy atom. The van der Waals surface area contributed by atoms with Gasteiger partial charge in [-0.25, -0.2) is 9.59 Å². The van der Waals surface area contributed by atoms with Gasteiger partial charge >= 0.3 is 11.9 Å². The molecule has 1 aromatic carbocycles. The molecule has 1 aliphatic rings. The number of benzene rings is 1. The summed E-state index contributed by atoms with van der Waals surface area (Å²) in [6, 6.07) is 3.45. The smallest absolute Gasteiger partial charge is 0.377 e. The highest BCUT2D eigenvalue weighted by Crippen LogP contribution is 2.28. The predicted octanol–water partition coefficient (Wildman–Crippen LogP) is 8.97. The maximum absolute atomic E-state index is 13.3. The van der Waals surface area contributed by atoms with Crippen LogP contribution in [0.1, 0.15) is 164 Å². The van der Waals surface area contributed by atoms with Crippen LogP contribution in [0.5, 0.6) is 0 Å². The van der Waals surface area contributed by atoms with E-state index in [1.165, 1.54) is 103 Å². The molecule has 0 fully saturated rings. The monoisotopic (exact) mass is 631 g/mol. The number of esters is 2. The standard InChI is InChI=1S/C37H61NO7/c1-3-5-7-9-11-13-15-17-19-21-23-28-29(24-22-20-18-16-14-12-10-8-6-4-2)31(38)26-25-30(28)36(42)44-27-32(39)35-33(40)34(41)37(43)45-35/h25-26,32,35,39-41H,3-24,27,38H2,1-2H3. The van der Waals surface area contributed by atoms with E-state index in [1.807, 2.05) is 0 Å². The molecule has 0 saturated carbocycles. The first-order valence-corrected chi connectivity index (χ1v) is 17.9. The number of rotatable bonds is 26. The van der Waals surface area contributed by atoms with Crippen LogP contribution in [0.4, 0.5) is 5.69 Å². The molecule has 1 aromatic rings. The van der Waals surface area contributed by atoms with Gasteiger partial charge in [-0.3, -0.25) is 0 Å². The second-order valence-corrected chi connectivity index (χ2v) is 12.7. The van der Waals surface area contributed by atoms with Gasteiger partial charge in [-0.1, -0.05) is 129 Å². The molecule has 8 heteroatoms. The molecule has 1 aliphatic heterocycles. The van der Waals surface area contributed by atoms with Crippen molar-refractivity contribution in [1.82, 2.24) is 0 Å². The largest absolute Gasteiger partial charge is 0.505 e. The maximum atomic E-state index is 13.3. The second kappa shape index (κ2) is 22.7. The van der Waals surface area contributed by atoms with Crippen molar-refractivity contribution in [3.63, 3.8) is 0 Å². The zero-order valence-electron chi connectivity index (χ0n) is 28.1. The van der Waals surface area contributed by atoms with E-state index in [9.17, 15) is 24.9 Å². The Labute approximate surface area is 271 Å². The van der Waals surface area contributed by atoms with Crippen LogP contribution in [-0.2, 0) is 27.1 Å². The fourth-order valence-corrected chi connectivity index (χ4v) is 6.11. The Hall–Kier alpha value is -2.74. The number of hydrogen-bond donors (Lipinski definition) is 4. The van der Waals surface area contributed by atoms with Crippen molar-refractivity contribution in [3.8, 4) is 0 Å². The summed E-state index contributed by atoms with van der Waals surface area (Å²) in [5.41, 5.74) is 9.52. The highest BCUT2D eigenvalue weighted by molar-refractivity contribution is 5.92. The van der Waals surface area contributed by atoms with Gasteiger partial charge in [0.1, 0.15) is 12.7 Å². The average Bonchev–Trinajstić information content (AvgIpc) is 3.29. The number of aliphatic hydroxyl groups excluding tert-OH is 3. The molecule has 0 aliphatic carbocycles. The van der Waals surface area contributed by atoms with E-state index in [2.05, 4.69) is 13.8 Å². The molecule has 0 aromatic heterocycles. The Bertz CT molecular complexity index is 1040. The van der Waals surface area contributed by atoms with E-state index >= 15 is 0 Å². The summed E-state index contributed by atoms with van der Waals surface area (Å²) in [6.07, 6.45) is 23.2. The zero-order chi connectivity index (χ0) is 32.9. The Kier molecular flexibility index (Phi) is 19.4. The third-order valence-corrected chi connectivity index (χ3v) is 8.92. The summed E-state index contributed by atoms with van der Waals surface area (Å²) in [5, 5.41) is 29.8. The number of aliphatic hydroxyl groups is 3. The quantitative estimate of drug-likeness (QED) is 0.0451. The van der Waals surface area contributed by atoms with Crippen molar-refractivity contribution in [2.24, 2.45) is 0 Å². The second-order valence-electron chi connectivity index (χ2n) is 12.7. The molecule has 2 atom stereocenters. The minimum absolute atomic E-state index is 0.431. The molecule has 2 unspecified atom stereocenters. The number of nitrogen functional groups attached to an aromatic ring is 1. The average molecular weight is 632 g/mol. The minimum atomic E-state index is -1.52. The van der Waals surface area contributed by atoms with Crippen molar-refractivity contribution < 1.29 is 34.4 Å². The fourth-order valence-electron chi connectivity index (χ4n) is 6.11. The van der Waals surface area contributed by atoms with Crippen LogP contribution in [0.25, 0.3) is 0 Å². The number of anilines is 1. The topological polar surface area (TPSA) is 139 Å². The lowest BCUT2D eigenvalue weighted by Gasteiger charge is -2.19. The van der Waals surface area contributed by atoms with E-state index in [1.54, 1.807) is 12.1 Å². The molecular formula is C37H61NO7. The van der Waals surface area contributed by atoms with Crippen LogP contribution in [0.3, 0.4) is 0 Å². The molecule has 0 bridgehead atoms. The van der Waals surface area contributed by atoms with Gasteiger partial charge in [-0.15, -0.1) is 0 Å². The first-order chi connectivity index (χ1) is 21.8. The lowest BCUT2D eigenvalue weighted by atomic mass is 9.91. The van der Waals surface area contributed by atoms with E-state index in [4.69, 9.17) is 15.2 Å². The fraction of sp³-hybridized carbons (Fsp3) is 0.730. The number of hydrogen-bond acceptors (Lipinski definition) is 8. The number of carbonyl (C=O) groups excluding carboxylic acids is 2. The molecule has 0 saturated heterocycles. The number of cyclic esters (lactones) is 1. The van der Waals surface area contributed by atoms with E-state index in [0.29, 0.717) is 11.3 Å². The number of unbranched alkanes of at least 4 members (excludes halogenated alkanes) is 18. The lowest BCUT2D eigenvalue weighted by molar-refractivity contribution is -0.147. The van der Waals surface area contributed by atoms with E-state index in [-0.39, 0.29) is 0 Å². The van der Waals surface area contributed by atoms with Crippen LogP contribution >= 0.6 is 0 Å². The maximum Gasteiger partial charge on any atom is 0.377 e. The third-order valence-electron chi connectivity index (χ3n) is 8.92. The zero-order valence-corrected chi connectivity index (χ0v) is 28.1. The van der Waals surface area contributed by atoms with Gasteiger partial charge in [0.05, 0.1) is 5.56 Å². The van der Waals surface area contributed by atoms with Crippen LogP contribution in [0, 0.1) is 0 Å². The third kappa shape index (κ3) is 14.1. The molecule has 5 N–H and O–H groups in total. The molecule has 256 valence electrons. The molecular weight excluding hydrogens is 570 g/mol. The van der Waals surface area contributed by atoms with Gasteiger partial charge in [-0.05, 0) is 48.9 Å². The molecule has 0 radical (unpaired) electrons. The van der Waals surface area contributed by atoms with Crippen molar-refractivity contribution in [3.05, 3.63) is 40.3 Å². The first-order valence-electron chi connectivity index (χ1n) is 17.9. The van der Waals surface area contributed by atoms with Crippen LogP contribution in [0.15, 0.2) is 23.7 Å². The van der Waals surface area contributed by atoms with Gasteiger partial charge in [0.2, 0.25) is 5.76 Å². The van der Waals surface area contributed by atoms with Crippen LogP contribution in [0.2, 0.25) is 0 Å². The van der Waals surface area contributed by atoms with E-state index < -0.39 is 42.3 Å². The minimum Gasteiger partial charge on any atom is -0.505 e. The van der Waals surface area contributed by atoms with Crippen LogP contribution in [-0.4, -0.2) is 46.1 Å². The summed E-state index contributed by atoms with van der Waals surface area (Å²) in [7, 11) is 0. The van der Waals surface area contributed by atoms with Gasteiger partial charge < -0.3 is 30.5 Å². The summed E-state index contributed by atoms with van der Waals surface area (Å²) >= 11 is 0. The molecule has 8 nitrogen and oxygen atoms in total. The van der Waals surface area contributed by atoms with Gasteiger partial charge in [0, 0.05) is 5.69 Å². The van der Waals surface area contributed by atoms with Gasteiger partial charge in [-0.2, -0.15) is 0 Å². The lowest BCUT2D eigenvalue weighted by Crippen LogP contribution is -2.33. The summed E-state index contributed by atoms with van der Waals surface area (Å²) < 4.78 is 10.2. The highest BCUT2D eigenvalue weighted by atomic mass is 16.6. The molecule has 0 amide bonds. The van der Waals surface area contributed by atoms with Crippen LogP contribution < -0.4 is 5.73 Å².